The van der Waals surface area contributed by atoms with Gasteiger partial charge in [-0.25, -0.2) is 0 Å². The van der Waals surface area contributed by atoms with Crippen molar-refractivity contribution in [2.24, 2.45) is 0 Å². The van der Waals surface area contributed by atoms with Gasteiger partial charge in [-0.2, -0.15) is 13.2 Å². The van der Waals surface area contributed by atoms with Crippen LogP contribution >= 0.6 is 0 Å². The molecule has 3 nitrogen and oxygen atoms in total. The molecule has 6 heteroatoms. The van der Waals surface area contributed by atoms with Crippen molar-refractivity contribution < 1.29 is 22.7 Å². The first kappa shape index (κ1) is 18.8. The second kappa shape index (κ2) is 7.59. The molecule has 0 aliphatic heterocycles. The highest BCUT2D eigenvalue weighted by Crippen LogP contribution is 2.31. The Morgan fingerprint density at radius 1 is 1.16 bits per heavy atom. The van der Waals surface area contributed by atoms with Gasteiger partial charge in [0.1, 0.15) is 5.75 Å². The third kappa shape index (κ3) is 4.98. The summed E-state index contributed by atoms with van der Waals surface area (Å²) in [6.07, 6.45) is -5.28. The maximum atomic E-state index is 13.0. The molecule has 0 aromatic heterocycles. The summed E-state index contributed by atoms with van der Waals surface area (Å²) in [6.45, 7) is 5.16. The van der Waals surface area contributed by atoms with Gasteiger partial charge in [0.2, 0.25) is 0 Å². The minimum Gasteiger partial charge on any atom is -0.481 e. The van der Waals surface area contributed by atoms with Crippen molar-refractivity contribution in [3.63, 3.8) is 0 Å². The number of hydrogen-bond donors (Lipinski definition) is 1. The van der Waals surface area contributed by atoms with Crippen molar-refractivity contribution in [1.29, 1.82) is 0 Å². The van der Waals surface area contributed by atoms with Crippen LogP contribution in [0.25, 0.3) is 0 Å². The average Bonchev–Trinajstić information content (AvgIpc) is 2.54. The molecular weight excluding hydrogens is 331 g/mol. The number of amides is 1. The van der Waals surface area contributed by atoms with Crippen LogP contribution < -0.4 is 10.1 Å². The molecule has 1 amide bonds. The van der Waals surface area contributed by atoms with E-state index in [9.17, 15) is 18.0 Å². The lowest BCUT2D eigenvalue weighted by atomic mass is 10.1. The molecule has 0 radical (unpaired) electrons. The van der Waals surface area contributed by atoms with E-state index in [4.69, 9.17) is 4.74 Å². The molecule has 134 valence electrons. The number of rotatable bonds is 5. The van der Waals surface area contributed by atoms with Crippen LogP contribution in [0.1, 0.15) is 29.2 Å². The quantitative estimate of drug-likeness (QED) is 0.867. The molecule has 1 unspecified atom stereocenters. The minimum atomic E-state index is -4.46. The lowest BCUT2D eigenvalue weighted by molar-refractivity contribution is -0.138. The largest absolute Gasteiger partial charge is 0.481 e. The lowest BCUT2D eigenvalue weighted by Gasteiger charge is -2.18. The Labute approximate surface area is 144 Å². The summed E-state index contributed by atoms with van der Waals surface area (Å²) in [4.78, 5) is 12.1. The van der Waals surface area contributed by atoms with E-state index in [2.05, 4.69) is 5.32 Å². The normalized spacial score (nSPS) is 12.6. The van der Waals surface area contributed by atoms with Gasteiger partial charge in [-0.15, -0.1) is 0 Å². The van der Waals surface area contributed by atoms with Crippen LogP contribution in [0.4, 0.5) is 13.2 Å². The van der Waals surface area contributed by atoms with Crippen molar-refractivity contribution in [1.82, 2.24) is 5.32 Å². The van der Waals surface area contributed by atoms with Crippen molar-refractivity contribution >= 4 is 5.91 Å². The highest BCUT2D eigenvalue weighted by atomic mass is 19.4. The summed E-state index contributed by atoms with van der Waals surface area (Å²) in [6, 6.07) is 10.7. The SMILES string of the molecule is Cc1ccc(OC(C)C(=O)NCc2ccccc2C(F)(F)F)c(C)c1. The van der Waals surface area contributed by atoms with Gasteiger partial charge in [0, 0.05) is 6.54 Å². The number of ether oxygens (including phenoxy) is 1. The van der Waals surface area contributed by atoms with E-state index < -0.39 is 23.8 Å². The second-order valence-electron chi connectivity index (χ2n) is 5.90. The highest BCUT2D eigenvalue weighted by Gasteiger charge is 2.33. The second-order valence-corrected chi connectivity index (χ2v) is 5.90. The first-order valence-electron chi connectivity index (χ1n) is 7.85. The minimum absolute atomic E-state index is 0.0158. The van der Waals surface area contributed by atoms with E-state index in [0.29, 0.717) is 5.75 Å². The molecule has 25 heavy (non-hydrogen) atoms. The van der Waals surface area contributed by atoms with Crippen LogP contribution in [0.15, 0.2) is 42.5 Å². The molecule has 1 N–H and O–H groups in total. The monoisotopic (exact) mass is 351 g/mol. The predicted octanol–water partition coefficient (Wildman–Crippen LogP) is 4.41. The molecular formula is C19H20F3NO2. The summed E-state index contributed by atoms with van der Waals surface area (Å²) in [5, 5.41) is 2.50. The van der Waals surface area contributed by atoms with Gasteiger partial charge in [-0.1, -0.05) is 35.9 Å². The van der Waals surface area contributed by atoms with Gasteiger partial charge < -0.3 is 10.1 Å². The van der Waals surface area contributed by atoms with Crippen molar-refractivity contribution in [3.8, 4) is 5.75 Å². The molecule has 0 spiro atoms. The van der Waals surface area contributed by atoms with Crippen molar-refractivity contribution in [3.05, 3.63) is 64.7 Å². The average molecular weight is 351 g/mol. The van der Waals surface area contributed by atoms with E-state index in [1.165, 1.54) is 18.2 Å². The van der Waals surface area contributed by atoms with Crippen LogP contribution in [-0.2, 0) is 17.5 Å². The Balaban J connectivity index is 2.01. The van der Waals surface area contributed by atoms with Gasteiger partial charge in [0.15, 0.2) is 6.10 Å². The Bertz CT molecular complexity index is 757. The molecule has 0 fully saturated rings. The third-order valence-corrected chi connectivity index (χ3v) is 3.78. The number of hydrogen-bond acceptors (Lipinski definition) is 2. The van der Waals surface area contributed by atoms with Gasteiger partial charge in [-0.3, -0.25) is 4.79 Å². The smallest absolute Gasteiger partial charge is 0.416 e. The zero-order chi connectivity index (χ0) is 18.6. The summed E-state index contributed by atoms with van der Waals surface area (Å²) in [5.74, 6) is 0.0981. The molecule has 2 aromatic carbocycles. The van der Waals surface area contributed by atoms with E-state index in [0.717, 1.165) is 17.2 Å². The molecule has 1 atom stereocenters. The zero-order valence-corrected chi connectivity index (χ0v) is 14.3. The van der Waals surface area contributed by atoms with E-state index >= 15 is 0 Å². The Morgan fingerprint density at radius 3 is 2.48 bits per heavy atom. The standard InChI is InChI=1S/C19H20F3NO2/c1-12-8-9-17(13(2)10-12)25-14(3)18(24)23-11-15-6-4-5-7-16(15)19(20,21)22/h4-10,14H,11H2,1-3H3,(H,23,24). The Hall–Kier alpha value is -2.50. The number of carbonyl (C=O) groups excluding carboxylic acids is 1. The van der Waals surface area contributed by atoms with Crippen molar-refractivity contribution in [2.45, 2.75) is 39.6 Å². The number of halogens is 3. The van der Waals surface area contributed by atoms with Crippen LogP contribution in [0, 0.1) is 13.8 Å². The lowest BCUT2D eigenvalue weighted by Crippen LogP contribution is -2.36. The molecule has 0 heterocycles. The molecule has 0 saturated carbocycles. The maximum Gasteiger partial charge on any atom is 0.416 e. The third-order valence-electron chi connectivity index (χ3n) is 3.78. The number of alkyl halides is 3. The number of carbonyl (C=O) groups is 1. The van der Waals surface area contributed by atoms with Crippen LogP contribution in [0.2, 0.25) is 0 Å². The fraction of sp³-hybridized carbons (Fsp3) is 0.316. The number of nitrogens with one attached hydrogen (secondary N) is 1. The first-order chi connectivity index (χ1) is 11.7. The fourth-order valence-electron chi connectivity index (χ4n) is 2.45. The predicted molar refractivity (Wildman–Crippen MR) is 89.3 cm³/mol. The Morgan fingerprint density at radius 2 is 1.84 bits per heavy atom. The van der Waals surface area contributed by atoms with Gasteiger partial charge in [0.05, 0.1) is 5.56 Å². The molecule has 0 saturated heterocycles. The maximum absolute atomic E-state index is 13.0. The molecule has 2 rings (SSSR count). The van der Waals surface area contributed by atoms with Crippen molar-refractivity contribution in [2.75, 3.05) is 0 Å². The fourth-order valence-corrected chi connectivity index (χ4v) is 2.45. The molecule has 2 aromatic rings. The summed E-state index contributed by atoms with van der Waals surface area (Å²) in [5.41, 5.74) is 1.23. The van der Waals surface area contributed by atoms with Crippen LogP contribution in [-0.4, -0.2) is 12.0 Å². The van der Waals surface area contributed by atoms with E-state index in [-0.39, 0.29) is 12.1 Å². The van der Waals surface area contributed by atoms with E-state index in [1.807, 2.05) is 26.0 Å². The summed E-state index contributed by atoms with van der Waals surface area (Å²) in [7, 11) is 0. The van der Waals surface area contributed by atoms with Crippen LogP contribution in [0.3, 0.4) is 0 Å². The summed E-state index contributed by atoms with van der Waals surface area (Å²) < 4.78 is 44.5. The molecule has 0 aliphatic rings. The van der Waals surface area contributed by atoms with Gasteiger partial charge in [-0.05, 0) is 44.0 Å². The first-order valence-corrected chi connectivity index (χ1v) is 7.85. The Kier molecular flexibility index (Phi) is 5.72. The molecule has 0 bridgehead atoms. The molecule has 0 aliphatic carbocycles. The van der Waals surface area contributed by atoms with Crippen LogP contribution in [0.5, 0.6) is 5.75 Å². The topological polar surface area (TPSA) is 38.3 Å². The van der Waals surface area contributed by atoms with E-state index in [1.54, 1.807) is 13.0 Å². The number of benzene rings is 2. The zero-order valence-electron chi connectivity index (χ0n) is 14.3. The summed E-state index contributed by atoms with van der Waals surface area (Å²) >= 11 is 0. The van der Waals surface area contributed by atoms with Gasteiger partial charge >= 0.3 is 6.18 Å². The van der Waals surface area contributed by atoms with Gasteiger partial charge in [0.25, 0.3) is 5.91 Å². The highest BCUT2D eigenvalue weighted by molar-refractivity contribution is 5.80. The number of aryl methyl sites for hydroxylation is 2.